The van der Waals surface area contributed by atoms with Gasteiger partial charge in [0.05, 0.1) is 0 Å². The molecule has 0 aliphatic carbocycles. The Kier molecular flexibility index (Phi) is 16.1. The van der Waals surface area contributed by atoms with Gasteiger partial charge in [0.2, 0.25) is 0 Å². The minimum Gasteiger partial charge on any atom is -0.481 e. The SMILES string of the molecule is [13CH3][13CH2][13CH2][13CH2][13CH2][13CH2][13CH2][13CH2][13CH2][13CH2][13CH2][13CH2][13CH2][13CH2][13CH2][13CH2][13CH2][13C](=O)O. The first-order valence-corrected chi connectivity index (χ1v) is 8.99. The third-order valence-electron chi connectivity index (χ3n) is 3.99. The highest BCUT2D eigenvalue weighted by Gasteiger charge is 1.97. The van der Waals surface area contributed by atoms with Crippen LogP contribution in [0.4, 0.5) is 0 Å². The number of hydrogen-bond donors (Lipinski definition) is 1. The summed E-state index contributed by atoms with van der Waals surface area (Å²) in [5, 5.41) is 8.52. The van der Waals surface area contributed by atoms with Crippen molar-refractivity contribution in [3.05, 3.63) is 0 Å². The van der Waals surface area contributed by atoms with Crippen molar-refractivity contribution in [2.45, 2.75) is 110 Å². The molecule has 20 heavy (non-hydrogen) atoms. The van der Waals surface area contributed by atoms with Crippen LogP contribution in [-0.2, 0) is 4.79 Å². The van der Waals surface area contributed by atoms with Gasteiger partial charge < -0.3 is 5.11 Å². The van der Waals surface area contributed by atoms with Crippen LogP contribution in [-0.4, -0.2) is 11.1 Å². The first-order valence-electron chi connectivity index (χ1n) is 8.99. The highest BCUT2D eigenvalue weighted by atomic mass is 16.5. The van der Waals surface area contributed by atoms with Crippen molar-refractivity contribution in [3.63, 3.8) is 0 Å². The van der Waals surface area contributed by atoms with Crippen molar-refractivity contribution in [3.8, 4) is 0 Å². The number of aliphatic carboxylic acids is 1. The lowest BCUT2D eigenvalue weighted by Crippen LogP contribution is -1.93. The maximum absolute atomic E-state index is 10.3. The van der Waals surface area contributed by atoms with Crippen molar-refractivity contribution in [2.75, 3.05) is 0 Å². The van der Waals surface area contributed by atoms with Gasteiger partial charge >= 0.3 is 5.97 Å². The minimum atomic E-state index is -0.653. The highest BCUT2D eigenvalue weighted by Crippen LogP contribution is 2.13. The monoisotopic (exact) mass is 302 g/mol. The topological polar surface area (TPSA) is 37.3 Å². The molecule has 0 aliphatic heterocycles. The number of unbranched alkanes of at least 4 members (excludes halogenated alkanes) is 14. The van der Waals surface area contributed by atoms with Crippen LogP contribution in [0, 0.1) is 0 Å². The van der Waals surface area contributed by atoms with Crippen LogP contribution in [0.2, 0.25) is 0 Å². The Balaban J connectivity index is 2.94. The molecular formula is C18H36O2. The molecule has 0 atom stereocenters. The third-order valence-corrected chi connectivity index (χ3v) is 3.99. The number of carboxylic acids is 1. The molecule has 0 aromatic carbocycles. The van der Waals surface area contributed by atoms with Crippen LogP contribution in [0.15, 0.2) is 0 Å². The molecule has 2 nitrogen and oxygen atoms in total. The zero-order valence-corrected chi connectivity index (χ0v) is 13.7. The van der Waals surface area contributed by atoms with E-state index in [9.17, 15) is 4.79 Å². The molecule has 0 amide bonds. The van der Waals surface area contributed by atoms with Crippen molar-refractivity contribution >= 4 is 5.97 Å². The fourth-order valence-electron chi connectivity index (χ4n) is 2.65. The Hall–Kier alpha value is -0.530. The van der Waals surface area contributed by atoms with Gasteiger partial charge in [0.1, 0.15) is 0 Å². The molecule has 2 heteroatoms. The van der Waals surface area contributed by atoms with E-state index in [1.165, 1.54) is 83.5 Å². The lowest BCUT2D eigenvalue weighted by Gasteiger charge is -2.03. The predicted molar refractivity (Wildman–Crippen MR) is 87.2 cm³/mol. The molecular weight excluding hydrogens is 266 g/mol. The zero-order chi connectivity index (χ0) is 14.9. The predicted octanol–water partition coefficient (Wildman–Crippen LogP) is 6.33. The Morgan fingerprint density at radius 1 is 0.600 bits per heavy atom. The zero-order valence-electron chi connectivity index (χ0n) is 13.7. The second-order valence-corrected chi connectivity index (χ2v) is 6.09. The number of rotatable bonds is 16. The summed E-state index contributed by atoms with van der Waals surface area (Å²) >= 11 is 0. The minimum absolute atomic E-state index is 0.345. The summed E-state index contributed by atoms with van der Waals surface area (Å²) in [6.07, 6.45) is 20.2. The first-order chi connectivity index (χ1) is 9.77. The summed E-state index contributed by atoms with van der Waals surface area (Å²) < 4.78 is 0. The van der Waals surface area contributed by atoms with E-state index >= 15 is 0 Å². The second kappa shape index (κ2) is 16.5. The van der Waals surface area contributed by atoms with Crippen LogP contribution in [0.3, 0.4) is 0 Å². The number of hydrogen-bond acceptors (Lipinski definition) is 1. The number of carboxylic acid groups (broad SMARTS) is 1. The van der Waals surface area contributed by atoms with Gasteiger partial charge in [0.25, 0.3) is 0 Å². The van der Waals surface area contributed by atoms with Gasteiger partial charge in [-0.1, -0.05) is 96.8 Å². The summed E-state index contributed by atoms with van der Waals surface area (Å²) in [7, 11) is 0. The smallest absolute Gasteiger partial charge is 0.303 e. The molecule has 0 saturated heterocycles. The van der Waals surface area contributed by atoms with Crippen LogP contribution in [0.5, 0.6) is 0 Å². The Labute approximate surface area is 126 Å². The maximum Gasteiger partial charge on any atom is 0.303 e. The van der Waals surface area contributed by atoms with Gasteiger partial charge in [-0.15, -0.1) is 0 Å². The molecule has 120 valence electrons. The average Bonchev–Trinajstić information content (AvgIpc) is 2.43. The molecule has 0 aromatic rings. The molecule has 0 fully saturated rings. The molecule has 0 bridgehead atoms. The van der Waals surface area contributed by atoms with E-state index in [0.717, 1.165) is 12.8 Å². The fraction of sp³-hybridized carbons (Fsp3) is 0.944. The molecule has 1 N–H and O–H groups in total. The van der Waals surface area contributed by atoms with Crippen molar-refractivity contribution in [1.29, 1.82) is 0 Å². The van der Waals surface area contributed by atoms with E-state index in [2.05, 4.69) is 6.92 Å². The second-order valence-electron chi connectivity index (χ2n) is 6.09. The summed E-state index contributed by atoms with van der Waals surface area (Å²) in [6, 6.07) is 0. The quantitative estimate of drug-likeness (QED) is 0.267. The van der Waals surface area contributed by atoms with Crippen LogP contribution in [0.25, 0.3) is 0 Å². The van der Waals surface area contributed by atoms with E-state index in [1.54, 1.807) is 0 Å². The van der Waals surface area contributed by atoms with Crippen LogP contribution in [0.1, 0.15) is 110 Å². The van der Waals surface area contributed by atoms with E-state index in [0.29, 0.717) is 6.42 Å². The lowest BCUT2D eigenvalue weighted by molar-refractivity contribution is -0.137. The van der Waals surface area contributed by atoms with E-state index < -0.39 is 5.97 Å². The van der Waals surface area contributed by atoms with Gasteiger partial charge in [0.15, 0.2) is 0 Å². The molecule has 0 radical (unpaired) electrons. The van der Waals surface area contributed by atoms with Gasteiger partial charge in [-0.25, -0.2) is 0 Å². The fourth-order valence-corrected chi connectivity index (χ4v) is 2.65. The highest BCUT2D eigenvalue weighted by molar-refractivity contribution is 5.66. The van der Waals surface area contributed by atoms with E-state index in [1.807, 2.05) is 0 Å². The Bertz CT molecular complexity index is 202. The van der Waals surface area contributed by atoms with Crippen molar-refractivity contribution < 1.29 is 9.90 Å². The Morgan fingerprint density at radius 2 is 0.900 bits per heavy atom. The maximum atomic E-state index is 10.3. The lowest BCUT2D eigenvalue weighted by atomic mass is 11.0. The standard InChI is InChI=1S/C18H36O2/c1-2-3-4-5-6-7-8-9-10-11-12-13-14-15-16-17-18(19)20/h2-17H2,1H3,(H,19,20)/i1+1,2+1,3+1,4+1,5+1,6+1,7+1,8+1,9+1,10+1,11+1,12+1,13+1,14+1,15+1,16+1,17+1,18+1. The van der Waals surface area contributed by atoms with Gasteiger partial charge in [-0.05, 0) is 6.42 Å². The molecule has 0 saturated carbocycles. The van der Waals surface area contributed by atoms with Crippen LogP contribution >= 0.6 is 0 Å². The average molecular weight is 302 g/mol. The van der Waals surface area contributed by atoms with Crippen molar-refractivity contribution in [1.82, 2.24) is 0 Å². The van der Waals surface area contributed by atoms with Crippen LogP contribution < -0.4 is 0 Å². The summed E-state index contributed by atoms with van der Waals surface area (Å²) in [5.41, 5.74) is 0. The van der Waals surface area contributed by atoms with E-state index in [4.69, 9.17) is 5.11 Å². The largest absolute Gasteiger partial charge is 0.481 e. The molecule has 0 aromatic heterocycles. The molecule has 0 rings (SSSR count). The van der Waals surface area contributed by atoms with E-state index in [-0.39, 0.29) is 0 Å². The third kappa shape index (κ3) is 17.5. The first kappa shape index (κ1) is 19.5. The summed E-state index contributed by atoms with van der Waals surface area (Å²) in [4.78, 5) is 10.3. The molecule has 0 heterocycles. The summed E-state index contributed by atoms with van der Waals surface area (Å²) in [6.45, 7) is 2.27. The number of carbonyl (C=O) groups is 1. The summed E-state index contributed by atoms with van der Waals surface area (Å²) in [5.74, 6) is -0.653. The van der Waals surface area contributed by atoms with Gasteiger partial charge in [-0.3, -0.25) is 4.79 Å². The Morgan fingerprint density at radius 3 is 1.20 bits per heavy atom. The normalized spacial score (nSPS) is 10.8. The molecule has 0 unspecified atom stereocenters. The van der Waals surface area contributed by atoms with Crippen molar-refractivity contribution in [2.24, 2.45) is 0 Å². The molecule has 0 aliphatic rings. The van der Waals surface area contributed by atoms with Gasteiger partial charge in [0, 0.05) is 6.42 Å². The molecule has 0 spiro atoms. The van der Waals surface area contributed by atoms with Gasteiger partial charge in [-0.2, -0.15) is 0 Å².